The van der Waals surface area contributed by atoms with Gasteiger partial charge < -0.3 is 5.11 Å². The topological polar surface area (TPSA) is 50.2 Å². The average molecular weight is 354 g/mol. The first-order chi connectivity index (χ1) is 10.6. The summed E-state index contributed by atoms with van der Waals surface area (Å²) in [4.78, 5) is 16.3. The van der Waals surface area contributed by atoms with Crippen molar-refractivity contribution in [3.63, 3.8) is 0 Å². The Morgan fingerprint density at radius 1 is 1.14 bits per heavy atom. The Labute approximate surface area is 136 Å². The summed E-state index contributed by atoms with van der Waals surface area (Å²) in [6.45, 7) is 0. The van der Waals surface area contributed by atoms with Crippen LogP contribution in [0.4, 0.5) is 0 Å². The van der Waals surface area contributed by atoms with E-state index >= 15 is 0 Å². The van der Waals surface area contributed by atoms with Crippen molar-refractivity contribution in [2.24, 2.45) is 0 Å². The number of carbonyl (C=O) groups excluding carboxylic acids is 1. The van der Waals surface area contributed by atoms with Crippen LogP contribution in [0.1, 0.15) is 15.9 Å². The summed E-state index contributed by atoms with van der Waals surface area (Å²) in [5, 5.41) is 11.9. The Kier molecular flexibility index (Phi) is 4.02. The summed E-state index contributed by atoms with van der Waals surface area (Å²) in [5.74, 6) is -0.233. The third-order valence-electron chi connectivity index (χ3n) is 3.32. The minimum absolute atomic E-state index is 0.0140. The molecule has 4 heteroatoms. The number of phenolic OH excluding ortho intramolecular Hbond substituents is 1. The average Bonchev–Trinajstić information content (AvgIpc) is 2.53. The molecule has 0 radical (unpaired) electrons. The molecule has 1 N–H and O–H groups in total. The molecular weight excluding hydrogens is 342 g/mol. The number of phenols is 1. The summed E-state index contributed by atoms with van der Waals surface area (Å²) in [5.41, 5.74) is 1.10. The maximum Gasteiger partial charge on any atom is 0.189 e. The predicted octanol–water partition coefficient (Wildman–Crippen LogP) is 4.60. The van der Waals surface area contributed by atoms with Crippen LogP contribution in [0.2, 0.25) is 0 Å². The van der Waals surface area contributed by atoms with Crippen LogP contribution in [0.5, 0.6) is 5.75 Å². The van der Waals surface area contributed by atoms with E-state index in [9.17, 15) is 9.90 Å². The molecule has 0 fully saturated rings. The molecule has 0 spiro atoms. The van der Waals surface area contributed by atoms with E-state index < -0.39 is 0 Å². The zero-order valence-electron chi connectivity index (χ0n) is 11.5. The van der Waals surface area contributed by atoms with Gasteiger partial charge in [-0.25, -0.2) is 0 Å². The van der Waals surface area contributed by atoms with E-state index in [4.69, 9.17) is 0 Å². The minimum atomic E-state index is -0.247. The van der Waals surface area contributed by atoms with Crippen molar-refractivity contribution in [1.82, 2.24) is 4.98 Å². The van der Waals surface area contributed by atoms with Crippen LogP contribution in [-0.2, 0) is 0 Å². The zero-order valence-corrected chi connectivity index (χ0v) is 13.1. The quantitative estimate of drug-likeness (QED) is 0.553. The Hall–Kier alpha value is -2.46. The molecule has 0 saturated heterocycles. The summed E-state index contributed by atoms with van der Waals surface area (Å²) < 4.78 is 0.843. The van der Waals surface area contributed by atoms with E-state index in [0.717, 1.165) is 15.4 Å². The molecule has 0 saturated carbocycles. The van der Waals surface area contributed by atoms with E-state index in [0.29, 0.717) is 5.39 Å². The predicted molar refractivity (Wildman–Crippen MR) is 90.9 cm³/mol. The molecule has 0 bridgehead atoms. The van der Waals surface area contributed by atoms with E-state index in [1.807, 2.05) is 30.3 Å². The number of aromatic hydroxyl groups is 1. The smallest absolute Gasteiger partial charge is 0.189 e. The maximum atomic E-state index is 12.3. The van der Waals surface area contributed by atoms with Crippen LogP contribution < -0.4 is 0 Å². The number of pyridine rings is 1. The first-order valence-corrected chi connectivity index (χ1v) is 7.48. The van der Waals surface area contributed by atoms with Crippen molar-refractivity contribution >= 4 is 38.6 Å². The maximum absolute atomic E-state index is 12.3. The van der Waals surface area contributed by atoms with E-state index in [2.05, 4.69) is 20.9 Å². The van der Waals surface area contributed by atoms with Crippen LogP contribution in [0.15, 0.2) is 65.4 Å². The first kappa shape index (κ1) is 14.5. The fraction of sp³-hybridized carbons (Fsp3) is 0. The first-order valence-electron chi connectivity index (χ1n) is 6.69. The van der Waals surface area contributed by atoms with Gasteiger partial charge in [0.1, 0.15) is 5.75 Å². The lowest BCUT2D eigenvalue weighted by molar-refractivity contribution is 0.104. The highest BCUT2D eigenvalue weighted by molar-refractivity contribution is 9.10. The van der Waals surface area contributed by atoms with Gasteiger partial charge in [-0.3, -0.25) is 9.78 Å². The van der Waals surface area contributed by atoms with Gasteiger partial charge >= 0.3 is 0 Å². The van der Waals surface area contributed by atoms with Crippen LogP contribution in [0.25, 0.3) is 16.8 Å². The SMILES string of the molecule is O=C(/C=C/c1cncc(Br)c1)c1ccc2ccccc2c1O. The highest BCUT2D eigenvalue weighted by atomic mass is 79.9. The number of aromatic nitrogens is 1. The summed E-state index contributed by atoms with van der Waals surface area (Å²) in [6.07, 6.45) is 6.45. The molecule has 0 amide bonds. The number of fused-ring (bicyclic) bond motifs is 1. The normalized spacial score (nSPS) is 11.1. The third kappa shape index (κ3) is 2.92. The molecule has 0 aliphatic carbocycles. The van der Waals surface area contributed by atoms with Crippen molar-refractivity contribution in [3.8, 4) is 5.75 Å². The number of nitrogens with zero attached hydrogens (tertiary/aromatic N) is 1. The van der Waals surface area contributed by atoms with Crippen molar-refractivity contribution in [2.75, 3.05) is 0 Å². The van der Waals surface area contributed by atoms with Gasteiger partial charge in [0.15, 0.2) is 5.78 Å². The van der Waals surface area contributed by atoms with Gasteiger partial charge in [-0.05, 0) is 51.2 Å². The van der Waals surface area contributed by atoms with Crippen molar-refractivity contribution in [3.05, 3.63) is 76.5 Å². The Balaban J connectivity index is 1.94. The third-order valence-corrected chi connectivity index (χ3v) is 3.75. The van der Waals surface area contributed by atoms with Gasteiger partial charge in [0.25, 0.3) is 0 Å². The molecular formula is C18H12BrNO2. The number of halogens is 1. The van der Waals surface area contributed by atoms with Crippen molar-refractivity contribution in [2.45, 2.75) is 0 Å². The molecule has 0 aliphatic rings. The van der Waals surface area contributed by atoms with Gasteiger partial charge in [0.2, 0.25) is 0 Å². The highest BCUT2D eigenvalue weighted by Gasteiger charge is 2.11. The summed E-state index contributed by atoms with van der Waals surface area (Å²) in [6, 6.07) is 12.7. The fourth-order valence-electron chi connectivity index (χ4n) is 2.24. The number of ketones is 1. The van der Waals surface area contributed by atoms with Crippen LogP contribution in [-0.4, -0.2) is 15.9 Å². The number of benzene rings is 2. The van der Waals surface area contributed by atoms with Crippen LogP contribution >= 0.6 is 15.9 Å². The van der Waals surface area contributed by atoms with Crippen LogP contribution in [0, 0.1) is 0 Å². The molecule has 1 aromatic heterocycles. The molecule has 2 aromatic carbocycles. The molecule has 0 atom stereocenters. The second-order valence-corrected chi connectivity index (χ2v) is 5.73. The second-order valence-electron chi connectivity index (χ2n) is 4.82. The van der Waals surface area contributed by atoms with E-state index in [1.54, 1.807) is 30.6 Å². The minimum Gasteiger partial charge on any atom is -0.507 e. The molecule has 3 aromatic rings. The monoisotopic (exact) mass is 353 g/mol. The molecule has 108 valence electrons. The Morgan fingerprint density at radius 3 is 2.77 bits per heavy atom. The Morgan fingerprint density at radius 2 is 1.95 bits per heavy atom. The van der Waals surface area contributed by atoms with Gasteiger partial charge in [-0.15, -0.1) is 0 Å². The zero-order chi connectivity index (χ0) is 15.5. The van der Waals surface area contributed by atoms with Gasteiger partial charge in [0.05, 0.1) is 5.56 Å². The lowest BCUT2D eigenvalue weighted by Gasteiger charge is -2.05. The highest BCUT2D eigenvalue weighted by Crippen LogP contribution is 2.29. The second kappa shape index (κ2) is 6.12. The van der Waals surface area contributed by atoms with E-state index in [1.165, 1.54) is 6.08 Å². The largest absolute Gasteiger partial charge is 0.507 e. The summed E-state index contributed by atoms with van der Waals surface area (Å²) in [7, 11) is 0. The molecule has 0 unspecified atom stereocenters. The molecule has 3 nitrogen and oxygen atoms in total. The standard InChI is InChI=1S/C18H12BrNO2/c19-14-9-12(10-20-11-14)5-8-17(21)16-7-6-13-3-1-2-4-15(13)18(16)22/h1-11,22H/b8-5+. The number of hydrogen-bond donors (Lipinski definition) is 1. The van der Waals surface area contributed by atoms with Gasteiger partial charge in [0, 0.05) is 22.3 Å². The molecule has 0 aliphatic heterocycles. The molecule has 22 heavy (non-hydrogen) atoms. The molecule has 3 rings (SSSR count). The number of carbonyl (C=O) groups is 1. The van der Waals surface area contributed by atoms with Crippen molar-refractivity contribution in [1.29, 1.82) is 0 Å². The van der Waals surface area contributed by atoms with Crippen LogP contribution in [0.3, 0.4) is 0 Å². The lowest BCUT2D eigenvalue weighted by atomic mass is 10.0. The van der Waals surface area contributed by atoms with E-state index in [-0.39, 0.29) is 17.1 Å². The fourth-order valence-corrected chi connectivity index (χ4v) is 2.62. The summed E-state index contributed by atoms with van der Waals surface area (Å²) >= 11 is 3.33. The van der Waals surface area contributed by atoms with Gasteiger partial charge in [-0.2, -0.15) is 0 Å². The van der Waals surface area contributed by atoms with Crippen molar-refractivity contribution < 1.29 is 9.90 Å². The Bertz CT molecular complexity index is 887. The lowest BCUT2D eigenvalue weighted by Crippen LogP contribution is -1.95. The number of rotatable bonds is 3. The number of allylic oxidation sites excluding steroid dienone is 1. The number of hydrogen-bond acceptors (Lipinski definition) is 3. The van der Waals surface area contributed by atoms with Gasteiger partial charge in [-0.1, -0.05) is 30.3 Å². The molecule has 1 heterocycles.